The zero-order valence-corrected chi connectivity index (χ0v) is 10.1. The predicted molar refractivity (Wildman–Crippen MR) is 62.1 cm³/mol. The molecule has 0 amide bonds. The molecular formula is C11H21N3O2. The number of hydrogen-bond acceptors (Lipinski definition) is 4. The van der Waals surface area contributed by atoms with Gasteiger partial charge in [-0.05, 0) is 20.4 Å². The van der Waals surface area contributed by atoms with Crippen molar-refractivity contribution in [3.05, 3.63) is 17.5 Å². The van der Waals surface area contributed by atoms with Gasteiger partial charge in [0.25, 0.3) is 0 Å². The lowest BCUT2D eigenvalue weighted by Gasteiger charge is -2.16. The van der Waals surface area contributed by atoms with Gasteiger partial charge in [-0.15, -0.1) is 0 Å². The Morgan fingerprint density at radius 1 is 1.50 bits per heavy atom. The second-order valence-corrected chi connectivity index (χ2v) is 4.00. The highest BCUT2D eigenvalue weighted by atomic mass is 16.3. The molecule has 92 valence electrons. The number of likely N-dealkylation sites (N-methyl/N-ethyl adjacent to an activating group) is 1. The van der Waals surface area contributed by atoms with Crippen molar-refractivity contribution in [1.29, 1.82) is 0 Å². The molecule has 2 unspecified atom stereocenters. The molecule has 1 aromatic heterocycles. The van der Waals surface area contributed by atoms with Gasteiger partial charge in [-0.1, -0.05) is 6.92 Å². The lowest BCUT2D eigenvalue weighted by atomic mass is 10.1. The molecule has 1 aromatic rings. The van der Waals surface area contributed by atoms with Gasteiger partial charge in [0.05, 0.1) is 11.8 Å². The van der Waals surface area contributed by atoms with Crippen LogP contribution in [0.15, 0.2) is 6.20 Å². The van der Waals surface area contributed by atoms with Crippen LogP contribution in [0.5, 0.6) is 0 Å². The first kappa shape index (κ1) is 13.2. The van der Waals surface area contributed by atoms with Gasteiger partial charge >= 0.3 is 0 Å². The van der Waals surface area contributed by atoms with E-state index < -0.39 is 12.2 Å². The number of rotatable bonds is 6. The Balaban J connectivity index is 2.77. The molecule has 0 aliphatic carbocycles. The zero-order chi connectivity index (χ0) is 12.1. The Hall–Kier alpha value is -0.910. The van der Waals surface area contributed by atoms with Crippen LogP contribution in [0.1, 0.15) is 30.7 Å². The second-order valence-electron chi connectivity index (χ2n) is 4.00. The Labute approximate surface area is 96.1 Å². The van der Waals surface area contributed by atoms with Gasteiger partial charge in [0.1, 0.15) is 6.10 Å². The summed E-state index contributed by atoms with van der Waals surface area (Å²) in [5.74, 6) is 0. The molecule has 0 aliphatic heterocycles. The molecule has 0 bridgehead atoms. The number of aromatic nitrogens is 2. The molecule has 5 heteroatoms. The summed E-state index contributed by atoms with van der Waals surface area (Å²) in [6.07, 6.45) is 1.12. The zero-order valence-electron chi connectivity index (χ0n) is 10.1. The summed E-state index contributed by atoms with van der Waals surface area (Å²) in [4.78, 5) is 0. The molecule has 2 atom stereocenters. The van der Waals surface area contributed by atoms with Gasteiger partial charge in [0.2, 0.25) is 0 Å². The second kappa shape index (κ2) is 5.98. The van der Waals surface area contributed by atoms with E-state index in [9.17, 15) is 10.2 Å². The monoisotopic (exact) mass is 227 g/mol. The molecular weight excluding hydrogens is 206 g/mol. The summed E-state index contributed by atoms with van der Waals surface area (Å²) in [7, 11) is 1.74. The number of nitrogens with zero attached hydrogens (tertiary/aromatic N) is 2. The van der Waals surface area contributed by atoms with Gasteiger partial charge in [-0.25, -0.2) is 0 Å². The van der Waals surface area contributed by atoms with Crippen LogP contribution < -0.4 is 5.32 Å². The Morgan fingerprint density at radius 3 is 2.75 bits per heavy atom. The van der Waals surface area contributed by atoms with E-state index in [0.717, 1.165) is 18.7 Å². The largest absolute Gasteiger partial charge is 0.389 e. The van der Waals surface area contributed by atoms with Gasteiger partial charge < -0.3 is 15.5 Å². The molecule has 0 saturated carbocycles. The summed E-state index contributed by atoms with van der Waals surface area (Å²) >= 11 is 0. The minimum Gasteiger partial charge on any atom is -0.389 e. The average Bonchev–Trinajstić information content (AvgIpc) is 2.59. The van der Waals surface area contributed by atoms with Crippen LogP contribution in [0.3, 0.4) is 0 Å². The summed E-state index contributed by atoms with van der Waals surface area (Å²) in [5, 5.41) is 26.7. The van der Waals surface area contributed by atoms with Crippen molar-refractivity contribution < 1.29 is 10.2 Å². The van der Waals surface area contributed by atoms with E-state index >= 15 is 0 Å². The standard InChI is InChI=1S/C11H21N3O2/c1-4-5-14-7-9(8(2)13-14)11(16)10(15)6-12-3/h7,10-12,15-16H,4-6H2,1-3H3. The fraction of sp³-hybridized carbons (Fsp3) is 0.727. The quantitative estimate of drug-likeness (QED) is 0.650. The van der Waals surface area contributed by atoms with E-state index in [4.69, 9.17) is 0 Å². The minimum atomic E-state index is -0.877. The van der Waals surface area contributed by atoms with Crippen LogP contribution in [0, 0.1) is 6.92 Å². The normalized spacial score (nSPS) is 15.1. The number of hydrogen-bond donors (Lipinski definition) is 3. The van der Waals surface area contributed by atoms with Crippen LogP contribution in [-0.4, -0.2) is 39.7 Å². The smallest absolute Gasteiger partial charge is 0.109 e. The Bertz CT molecular complexity index is 325. The van der Waals surface area contributed by atoms with E-state index in [1.165, 1.54) is 0 Å². The third-order valence-electron chi connectivity index (χ3n) is 2.53. The Kier molecular flexibility index (Phi) is 4.92. The third kappa shape index (κ3) is 3.04. The highest BCUT2D eigenvalue weighted by Gasteiger charge is 2.21. The first-order valence-electron chi connectivity index (χ1n) is 5.64. The number of nitrogens with one attached hydrogen (secondary N) is 1. The van der Waals surface area contributed by atoms with E-state index in [-0.39, 0.29) is 0 Å². The van der Waals surface area contributed by atoms with Gasteiger partial charge in [0.15, 0.2) is 0 Å². The lowest BCUT2D eigenvalue weighted by Crippen LogP contribution is -2.29. The maximum absolute atomic E-state index is 9.94. The molecule has 0 aromatic carbocycles. The molecule has 0 saturated heterocycles. The van der Waals surface area contributed by atoms with Crippen molar-refractivity contribution >= 4 is 0 Å². The van der Waals surface area contributed by atoms with E-state index in [2.05, 4.69) is 17.3 Å². The van der Waals surface area contributed by atoms with Gasteiger partial charge in [0, 0.05) is 24.8 Å². The Morgan fingerprint density at radius 2 is 2.19 bits per heavy atom. The van der Waals surface area contributed by atoms with Crippen molar-refractivity contribution in [3.63, 3.8) is 0 Å². The van der Waals surface area contributed by atoms with Crippen LogP contribution in [0.4, 0.5) is 0 Å². The minimum absolute atomic E-state index is 0.361. The molecule has 0 fully saturated rings. The fourth-order valence-corrected chi connectivity index (χ4v) is 1.70. The first-order chi connectivity index (χ1) is 7.60. The molecule has 1 heterocycles. The molecule has 0 radical (unpaired) electrons. The van der Waals surface area contributed by atoms with Crippen molar-refractivity contribution in [2.24, 2.45) is 0 Å². The number of aryl methyl sites for hydroxylation is 2. The van der Waals surface area contributed by atoms with Crippen molar-refractivity contribution in [3.8, 4) is 0 Å². The molecule has 0 aliphatic rings. The number of aliphatic hydroxyl groups is 2. The third-order valence-corrected chi connectivity index (χ3v) is 2.53. The highest BCUT2D eigenvalue weighted by molar-refractivity contribution is 5.19. The maximum Gasteiger partial charge on any atom is 0.109 e. The van der Waals surface area contributed by atoms with Gasteiger partial charge in [-0.2, -0.15) is 5.10 Å². The maximum atomic E-state index is 9.94. The SMILES string of the molecule is CCCn1cc(C(O)C(O)CNC)c(C)n1. The summed E-state index contributed by atoms with van der Waals surface area (Å²) < 4.78 is 1.81. The number of aliphatic hydroxyl groups excluding tert-OH is 2. The van der Waals surface area contributed by atoms with Crippen LogP contribution in [0.25, 0.3) is 0 Å². The molecule has 1 rings (SSSR count). The predicted octanol–water partition coefficient (Wildman–Crippen LogP) is 0.215. The van der Waals surface area contributed by atoms with E-state index in [1.54, 1.807) is 11.7 Å². The average molecular weight is 227 g/mol. The van der Waals surface area contributed by atoms with Crippen LogP contribution in [-0.2, 0) is 6.54 Å². The molecule has 16 heavy (non-hydrogen) atoms. The van der Waals surface area contributed by atoms with Crippen molar-refractivity contribution in [2.75, 3.05) is 13.6 Å². The van der Waals surface area contributed by atoms with E-state index in [0.29, 0.717) is 12.1 Å². The molecule has 3 N–H and O–H groups in total. The van der Waals surface area contributed by atoms with E-state index in [1.807, 2.05) is 13.1 Å². The fourth-order valence-electron chi connectivity index (χ4n) is 1.70. The molecule has 5 nitrogen and oxygen atoms in total. The summed E-state index contributed by atoms with van der Waals surface area (Å²) in [5.41, 5.74) is 1.48. The topological polar surface area (TPSA) is 70.3 Å². The summed E-state index contributed by atoms with van der Waals surface area (Å²) in [6, 6.07) is 0. The summed E-state index contributed by atoms with van der Waals surface area (Å²) in [6.45, 7) is 5.11. The lowest BCUT2D eigenvalue weighted by molar-refractivity contribution is 0.0198. The molecule has 0 spiro atoms. The van der Waals surface area contributed by atoms with Crippen LogP contribution >= 0.6 is 0 Å². The van der Waals surface area contributed by atoms with Gasteiger partial charge in [-0.3, -0.25) is 4.68 Å². The van der Waals surface area contributed by atoms with Crippen molar-refractivity contribution in [1.82, 2.24) is 15.1 Å². The van der Waals surface area contributed by atoms with Crippen LogP contribution in [0.2, 0.25) is 0 Å². The van der Waals surface area contributed by atoms with Crippen molar-refractivity contribution in [2.45, 2.75) is 39.0 Å². The highest BCUT2D eigenvalue weighted by Crippen LogP contribution is 2.19. The first-order valence-corrected chi connectivity index (χ1v) is 5.64.